The molecule has 1 aliphatic carbocycles. The molecule has 9 heavy (non-hydrogen) atoms. The molecule has 0 spiro atoms. The lowest BCUT2D eigenvalue weighted by Crippen LogP contribution is -2.04. The van der Waals surface area contributed by atoms with Crippen molar-refractivity contribution in [3.05, 3.63) is 12.7 Å². The minimum absolute atomic E-state index is 0.858. The quantitative estimate of drug-likeness (QED) is 0.528. The maximum atomic E-state index is 6.91. The molecule has 1 aliphatic rings. The van der Waals surface area contributed by atoms with Crippen LogP contribution >= 0.6 is 0 Å². The monoisotopic (exact) mass is 122 g/mol. The van der Waals surface area contributed by atoms with Crippen LogP contribution in [-0.2, 0) is 0 Å². The molecule has 0 aromatic rings. The zero-order chi connectivity index (χ0) is 6.53. The van der Waals surface area contributed by atoms with E-state index in [0.717, 1.165) is 12.3 Å². The summed E-state index contributed by atoms with van der Waals surface area (Å²) in [6, 6.07) is 0. The summed E-state index contributed by atoms with van der Waals surface area (Å²) < 4.78 is 0. The predicted molar refractivity (Wildman–Crippen MR) is 39.0 cm³/mol. The molecule has 0 unspecified atom stereocenters. The average Bonchev–Trinajstić information content (AvgIpc) is 1.91. The highest BCUT2D eigenvalue weighted by molar-refractivity contribution is 4.73. The Balaban J connectivity index is 2.15. The van der Waals surface area contributed by atoms with Gasteiger partial charge in [0.2, 0.25) is 0 Å². The molecule has 1 rings (SSSR count). The van der Waals surface area contributed by atoms with Gasteiger partial charge in [0.05, 0.1) is 0 Å². The Hall–Kier alpha value is -0.260. The van der Waals surface area contributed by atoms with E-state index >= 15 is 0 Å². The summed E-state index contributed by atoms with van der Waals surface area (Å²) in [7, 11) is 0. The first kappa shape index (κ1) is 6.85. The van der Waals surface area contributed by atoms with E-state index in [2.05, 4.69) is 0 Å². The van der Waals surface area contributed by atoms with Crippen molar-refractivity contribution in [1.82, 2.24) is 0 Å². The third kappa shape index (κ3) is 2.21. The summed E-state index contributed by atoms with van der Waals surface area (Å²) >= 11 is 0. The number of rotatable bonds is 2. The fraction of sp³-hybridized carbons (Fsp3) is 0.778. The molecule has 0 aromatic heterocycles. The van der Waals surface area contributed by atoms with Crippen molar-refractivity contribution < 1.29 is 0 Å². The van der Waals surface area contributed by atoms with E-state index < -0.39 is 0 Å². The van der Waals surface area contributed by atoms with Gasteiger partial charge in [0.1, 0.15) is 0 Å². The van der Waals surface area contributed by atoms with Crippen LogP contribution in [0.3, 0.4) is 0 Å². The van der Waals surface area contributed by atoms with Crippen LogP contribution in [0.2, 0.25) is 0 Å². The van der Waals surface area contributed by atoms with Gasteiger partial charge in [0.15, 0.2) is 0 Å². The molecular weight excluding hydrogens is 108 g/mol. The van der Waals surface area contributed by atoms with E-state index in [1.807, 2.05) is 0 Å². The number of allylic oxidation sites excluding steroid dienone is 1. The second-order valence-corrected chi connectivity index (χ2v) is 2.94. The molecule has 0 amide bonds. The van der Waals surface area contributed by atoms with Gasteiger partial charge < -0.3 is 0 Å². The summed E-state index contributed by atoms with van der Waals surface area (Å²) in [5, 5.41) is 0. The summed E-state index contributed by atoms with van der Waals surface area (Å²) in [6.45, 7) is 6.91. The van der Waals surface area contributed by atoms with Crippen LogP contribution < -0.4 is 0 Å². The van der Waals surface area contributed by atoms with Gasteiger partial charge in [0.25, 0.3) is 0 Å². The van der Waals surface area contributed by atoms with E-state index in [9.17, 15) is 0 Å². The highest BCUT2D eigenvalue weighted by Gasteiger charge is 2.10. The first-order chi connectivity index (χ1) is 4.43. The van der Waals surface area contributed by atoms with Crippen LogP contribution in [0.5, 0.6) is 0 Å². The summed E-state index contributed by atoms with van der Waals surface area (Å²) in [4.78, 5) is 0. The number of hydrogen-bond acceptors (Lipinski definition) is 0. The van der Waals surface area contributed by atoms with Gasteiger partial charge in [-0.2, -0.15) is 0 Å². The Bertz CT molecular complexity index is 78.0. The zero-order valence-corrected chi connectivity index (χ0v) is 5.90. The Labute approximate surface area is 58.0 Å². The minimum Gasteiger partial charge on any atom is -0.0758 e. The average molecular weight is 122 g/mol. The van der Waals surface area contributed by atoms with E-state index in [4.69, 9.17) is 6.58 Å². The third-order valence-corrected chi connectivity index (χ3v) is 2.18. The smallest absolute Gasteiger partial charge is 0.0145 e. The molecule has 1 saturated carbocycles. The van der Waals surface area contributed by atoms with Gasteiger partial charge in [0, 0.05) is 0 Å². The molecule has 50 valence electrons. The van der Waals surface area contributed by atoms with Gasteiger partial charge in [-0.15, -0.1) is 0 Å². The summed E-state index contributed by atoms with van der Waals surface area (Å²) in [6.07, 6.45) is 9.56. The maximum Gasteiger partial charge on any atom is -0.0145 e. The van der Waals surface area contributed by atoms with E-state index in [-0.39, 0.29) is 0 Å². The van der Waals surface area contributed by atoms with Crippen LogP contribution in [0.1, 0.15) is 38.5 Å². The Morgan fingerprint density at radius 2 is 1.89 bits per heavy atom. The van der Waals surface area contributed by atoms with Crippen molar-refractivity contribution >= 4 is 0 Å². The summed E-state index contributed by atoms with van der Waals surface area (Å²) in [5.41, 5.74) is 0. The van der Waals surface area contributed by atoms with Crippen LogP contribution in [0.15, 0.2) is 6.08 Å². The van der Waals surface area contributed by atoms with E-state index in [0.29, 0.717) is 0 Å². The van der Waals surface area contributed by atoms with Crippen molar-refractivity contribution in [1.29, 1.82) is 0 Å². The highest BCUT2D eigenvalue weighted by Crippen LogP contribution is 2.25. The van der Waals surface area contributed by atoms with Gasteiger partial charge in [-0.1, -0.05) is 38.2 Å². The molecule has 0 aromatic carbocycles. The van der Waals surface area contributed by atoms with Crippen molar-refractivity contribution in [3.63, 3.8) is 0 Å². The molecular formula is C9H14. The maximum absolute atomic E-state index is 6.91. The highest BCUT2D eigenvalue weighted by atomic mass is 14.2. The molecule has 0 nitrogen and oxygen atoms in total. The topological polar surface area (TPSA) is 0 Å². The van der Waals surface area contributed by atoms with Crippen molar-refractivity contribution in [2.75, 3.05) is 0 Å². The van der Waals surface area contributed by atoms with Crippen molar-refractivity contribution in [2.24, 2.45) is 5.92 Å². The van der Waals surface area contributed by atoms with Gasteiger partial charge in [-0.3, -0.25) is 0 Å². The Morgan fingerprint density at radius 1 is 1.22 bits per heavy atom. The van der Waals surface area contributed by atoms with Crippen molar-refractivity contribution in [2.45, 2.75) is 38.5 Å². The molecule has 0 heteroatoms. The molecule has 0 N–H and O–H groups in total. The standard InChI is InChI=1S/C9H14/c1-2-6-9-7-4-3-5-8-9/h2,9H,3-8H2. The molecule has 0 saturated heterocycles. The predicted octanol–water partition coefficient (Wildman–Crippen LogP) is 2.82. The summed E-state index contributed by atoms with van der Waals surface area (Å²) in [5.74, 6) is 0.858. The first-order valence-electron chi connectivity index (χ1n) is 3.92. The second kappa shape index (κ2) is 3.71. The largest absolute Gasteiger partial charge is 0.0758 e. The Kier molecular flexibility index (Phi) is 2.82. The van der Waals surface area contributed by atoms with Crippen molar-refractivity contribution in [3.8, 4) is 0 Å². The SMILES string of the molecule is [C]=CCC1CCCCC1. The molecule has 0 heterocycles. The Morgan fingerprint density at radius 3 is 2.44 bits per heavy atom. The van der Waals surface area contributed by atoms with Crippen LogP contribution in [0.25, 0.3) is 0 Å². The molecule has 2 radical (unpaired) electrons. The lowest BCUT2D eigenvalue weighted by Gasteiger charge is -2.19. The minimum atomic E-state index is 0.858. The molecule has 0 bridgehead atoms. The molecule has 0 atom stereocenters. The van der Waals surface area contributed by atoms with Crippen LogP contribution in [0.4, 0.5) is 0 Å². The fourth-order valence-corrected chi connectivity index (χ4v) is 1.59. The molecule has 1 fully saturated rings. The number of hydrogen-bond donors (Lipinski definition) is 0. The van der Waals surface area contributed by atoms with Gasteiger partial charge in [-0.05, 0) is 18.9 Å². The van der Waals surface area contributed by atoms with Gasteiger partial charge in [-0.25, -0.2) is 0 Å². The van der Waals surface area contributed by atoms with Crippen LogP contribution in [0, 0.1) is 12.5 Å². The lowest BCUT2D eigenvalue weighted by molar-refractivity contribution is 0.361. The third-order valence-electron chi connectivity index (χ3n) is 2.18. The second-order valence-electron chi connectivity index (χ2n) is 2.94. The normalized spacial score (nSPS) is 21.8. The van der Waals surface area contributed by atoms with Gasteiger partial charge >= 0.3 is 0 Å². The van der Waals surface area contributed by atoms with Crippen LogP contribution in [-0.4, -0.2) is 0 Å². The first-order valence-corrected chi connectivity index (χ1v) is 3.92. The lowest BCUT2D eigenvalue weighted by atomic mass is 9.87. The van der Waals surface area contributed by atoms with E-state index in [1.54, 1.807) is 6.08 Å². The fourth-order valence-electron chi connectivity index (χ4n) is 1.59. The zero-order valence-electron chi connectivity index (χ0n) is 5.90. The molecule has 0 aliphatic heterocycles. The van der Waals surface area contributed by atoms with E-state index in [1.165, 1.54) is 32.1 Å².